The summed E-state index contributed by atoms with van der Waals surface area (Å²) in [6.45, 7) is 0.423. The lowest BCUT2D eigenvalue weighted by Gasteiger charge is -2.18. The van der Waals surface area contributed by atoms with E-state index in [4.69, 9.17) is 16.3 Å². The van der Waals surface area contributed by atoms with Crippen LogP contribution in [0.4, 0.5) is 0 Å². The Kier molecular flexibility index (Phi) is 4.70. The third-order valence-corrected chi connectivity index (χ3v) is 3.37. The molecule has 2 rings (SSSR count). The third-order valence-electron chi connectivity index (χ3n) is 3.11. The van der Waals surface area contributed by atoms with Crippen molar-refractivity contribution in [1.82, 2.24) is 4.90 Å². The highest BCUT2D eigenvalue weighted by atomic mass is 35.5. The molecule has 0 aliphatic carbocycles. The van der Waals surface area contributed by atoms with Crippen molar-refractivity contribution in [2.24, 2.45) is 0 Å². The van der Waals surface area contributed by atoms with Crippen molar-refractivity contribution in [3.63, 3.8) is 0 Å². The first-order valence-corrected chi connectivity index (χ1v) is 6.76. The minimum Gasteiger partial charge on any atom is -0.507 e. The molecule has 0 aliphatic heterocycles. The van der Waals surface area contributed by atoms with Gasteiger partial charge in [0.15, 0.2) is 0 Å². The van der Waals surface area contributed by atoms with E-state index in [-0.39, 0.29) is 17.2 Å². The summed E-state index contributed by atoms with van der Waals surface area (Å²) in [5.74, 6) is 0.182. The van der Waals surface area contributed by atoms with Crippen LogP contribution in [0.25, 0.3) is 0 Å². The van der Waals surface area contributed by atoms with E-state index < -0.39 is 0 Å². The first kappa shape index (κ1) is 15.2. The molecular weight excluding hydrogens is 290 g/mol. The van der Waals surface area contributed by atoms with E-state index >= 15 is 0 Å². The van der Waals surface area contributed by atoms with Crippen LogP contribution in [0.3, 0.4) is 0 Å². The molecule has 0 bridgehead atoms. The van der Waals surface area contributed by atoms with E-state index in [0.29, 0.717) is 17.3 Å². The number of nitrogens with zero attached hydrogens (tertiary/aromatic N) is 1. The number of hydrogen-bond acceptors (Lipinski definition) is 3. The number of phenols is 1. The quantitative estimate of drug-likeness (QED) is 0.942. The van der Waals surface area contributed by atoms with Crippen LogP contribution in [0.1, 0.15) is 15.9 Å². The molecule has 2 aromatic carbocycles. The zero-order valence-electron chi connectivity index (χ0n) is 11.8. The summed E-state index contributed by atoms with van der Waals surface area (Å²) >= 11 is 5.83. The summed E-state index contributed by atoms with van der Waals surface area (Å²) in [7, 11) is 3.19. The highest BCUT2D eigenvalue weighted by Gasteiger charge is 2.17. The van der Waals surface area contributed by atoms with Crippen LogP contribution in [0.5, 0.6) is 11.5 Å². The second kappa shape index (κ2) is 6.50. The van der Waals surface area contributed by atoms with Gasteiger partial charge in [0.1, 0.15) is 11.5 Å². The standard InChI is InChI=1S/C16H16ClNO3/c1-18(10-11-3-5-12(17)6-4-11)16(20)14-9-13(21-2)7-8-15(14)19/h3-9,19H,10H2,1-2H3. The van der Waals surface area contributed by atoms with Gasteiger partial charge in [-0.15, -0.1) is 0 Å². The van der Waals surface area contributed by atoms with Crippen LogP contribution in [-0.4, -0.2) is 30.1 Å². The summed E-state index contributed by atoms with van der Waals surface area (Å²) < 4.78 is 5.07. The fourth-order valence-corrected chi connectivity index (χ4v) is 2.08. The minimum atomic E-state index is -0.277. The van der Waals surface area contributed by atoms with E-state index in [1.807, 2.05) is 12.1 Å². The normalized spacial score (nSPS) is 10.2. The van der Waals surface area contributed by atoms with Gasteiger partial charge in [-0.1, -0.05) is 23.7 Å². The molecular formula is C16H16ClNO3. The van der Waals surface area contributed by atoms with Gasteiger partial charge in [0.25, 0.3) is 5.91 Å². The van der Waals surface area contributed by atoms with Crippen molar-refractivity contribution in [3.8, 4) is 11.5 Å². The molecule has 0 heterocycles. The molecule has 0 aliphatic rings. The van der Waals surface area contributed by atoms with Crippen molar-refractivity contribution in [2.45, 2.75) is 6.54 Å². The van der Waals surface area contributed by atoms with Gasteiger partial charge in [-0.25, -0.2) is 0 Å². The molecule has 0 spiro atoms. The fourth-order valence-electron chi connectivity index (χ4n) is 1.95. The maximum Gasteiger partial charge on any atom is 0.257 e. The van der Waals surface area contributed by atoms with E-state index in [1.54, 1.807) is 25.2 Å². The van der Waals surface area contributed by atoms with Gasteiger partial charge in [-0.3, -0.25) is 4.79 Å². The molecule has 21 heavy (non-hydrogen) atoms. The number of methoxy groups -OCH3 is 1. The largest absolute Gasteiger partial charge is 0.507 e. The van der Waals surface area contributed by atoms with Gasteiger partial charge in [-0.2, -0.15) is 0 Å². The monoisotopic (exact) mass is 305 g/mol. The lowest BCUT2D eigenvalue weighted by atomic mass is 10.1. The average Bonchev–Trinajstić information content (AvgIpc) is 2.49. The number of amides is 1. The number of halogens is 1. The third kappa shape index (κ3) is 3.67. The first-order chi connectivity index (χ1) is 10.0. The lowest BCUT2D eigenvalue weighted by Crippen LogP contribution is -2.26. The van der Waals surface area contributed by atoms with E-state index in [1.165, 1.54) is 24.1 Å². The smallest absolute Gasteiger partial charge is 0.257 e. The van der Waals surface area contributed by atoms with Gasteiger partial charge in [0.05, 0.1) is 12.7 Å². The Balaban J connectivity index is 2.17. The number of hydrogen-bond donors (Lipinski definition) is 1. The Morgan fingerprint density at radius 1 is 1.24 bits per heavy atom. The molecule has 2 aromatic rings. The zero-order valence-corrected chi connectivity index (χ0v) is 12.6. The minimum absolute atomic E-state index is 0.0660. The Bertz CT molecular complexity index is 640. The summed E-state index contributed by atoms with van der Waals surface area (Å²) in [6.07, 6.45) is 0. The summed E-state index contributed by atoms with van der Waals surface area (Å²) in [4.78, 5) is 13.9. The molecule has 0 aromatic heterocycles. The first-order valence-electron chi connectivity index (χ1n) is 6.38. The molecule has 0 radical (unpaired) electrons. The SMILES string of the molecule is COc1ccc(O)c(C(=O)N(C)Cc2ccc(Cl)cc2)c1. The number of benzene rings is 2. The topological polar surface area (TPSA) is 49.8 Å². The second-order valence-corrected chi connectivity index (χ2v) is 5.11. The van der Waals surface area contributed by atoms with E-state index in [2.05, 4.69) is 0 Å². The van der Waals surface area contributed by atoms with Crippen LogP contribution in [0.2, 0.25) is 5.02 Å². The summed E-state index contributed by atoms with van der Waals surface area (Å²) in [5, 5.41) is 10.5. The Morgan fingerprint density at radius 3 is 2.52 bits per heavy atom. The number of carbonyl (C=O) groups excluding carboxylic acids is 1. The zero-order chi connectivity index (χ0) is 15.4. The van der Waals surface area contributed by atoms with Gasteiger partial charge in [0, 0.05) is 18.6 Å². The van der Waals surface area contributed by atoms with Crippen LogP contribution < -0.4 is 4.74 Å². The molecule has 0 fully saturated rings. The number of rotatable bonds is 4. The predicted molar refractivity (Wildman–Crippen MR) is 81.9 cm³/mol. The molecule has 110 valence electrons. The number of aromatic hydroxyl groups is 1. The maximum absolute atomic E-state index is 12.4. The van der Waals surface area contributed by atoms with Crippen LogP contribution in [0, 0.1) is 0 Å². The molecule has 1 N–H and O–H groups in total. The van der Waals surface area contributed by atoms with Gasteiger partial charge >= 0.3 is 0 Å². The van der Waals surface area contributed by atoms with Crippen molar-refractivity contribution in [1.29, 1.82) is 0 Å². The van der Waals surface area contributed by atoms with Crippen LogP contribution in [-0.2, 0) is 6.54 Å². The van der Waals surface area contributed by atoms with Crippen molar-refractivity contribution in [2.75, 3.05) is 14.2 Å². The van der Waals surface area contributed by atoms with Crippen molar-refractivity contribution < 1.29 is 14.6 Å². The van der Waals surface area contributed by atoms with Gasteiger partial charge in [0.2, 0.25) is 0 Å². The highest BCUT2D eigenvalue weighted by molar-refractivity contribution is 6.30. The van der Waals surface area contributed by atoms with Gasteiger partial charge < -0.3 is 14.7 Å². The number of phenolic OH excluding ortho intramolecular Hbond substituents is 1. The second-order valence-electron chi connectivity index (χ2n) is 4.67. The van der Waals surface area contributed by atoms with Crippen molar-refractivity contribution in [3.05, 3.63) is 58.6 Å². The molecule has 0 saturated heterocycles. The highest BCUT2D eigenvalue weighted by Crippen LogP contribution is 2.24. The number of ether oxygens (including phenoxy) is 1. The predicted octanol–water partition coefficient (Wildman–Crippen LogP) is 3.33. The van der Waals surface area contributed by atoms with Crippen molar-refractivity contribution >= 4 is 17.5 Å². The molecule has 1 amide bonds. The molecule has 0 saturated carbocycles. The Hall–Kier alpha value is -2.20. The van der Waals surface area contributed by atoms with E-state index in [9.17, 15) is 9.90 Å². The van der Waals surface area contributed by atoms with Crippen LogP contribution in [0.15, 0.2) is 42.5 Å². The van der Waals surface area contributed by atoms with E-state index in [0.717, 1.165) is 5.56 Å². The maximum atomic E-state index is 12.4. The molecule has 5 heteroatoms. The summed E-state index contributed by atoms with van der Waals surface area (Å²) in [5.41, 5.74) is 1.17. The number of carbonyl (C=O) groups is 1. The Morgan fingerprint density at radius 2 is 1.90 bits per heavy atom. The molecule has 0 atom stereocenters. The average molecular weight is 306 g/mol. The van der Waals surface area contributed by atoms with Gasteiger partial charge in [-0.05, 0) is 35.9 Å². The summed E-state index contributed by atoms with van der Waals surface area (Å²) in [6, 6.07) is 11.8. The molecule has 4 nitrogen and oxygen atoms in total. The molecule has 0 unspecified atom stereocenters. The fraction of sp³-hybridized carbons (Fsp3) is 0.188. The Labute approximate surface area is 128 Å². The lowest BCUT2D eigenvalue weighted by molar-refractivity contribution is 0.0781. The van der Waals surface area contributed by atoms with Crippen LogP contribution >= 0.6 is 11.6 Å².